The molecule has 2 atom stereocenters. The minimum atomic E-state index is 0.290. The largest absolute Gasteiger partial charge is 0.0986 e. The van der Waals surface area contributed by atoms with Gasteiger partial charge in [-0.1, -0.05) is 125 Å². The smallest absolute Gasteiger partial charge is 0.00827 e. The molecule has 0 nitrogen and oxygen atoms in total. The molecule has 2 aromatic rings. The van der Waals surface area contributed by atoms with Crippen LogP contribution in [0.4, 0.5) is 0 Å². The van der Waals surface area contributed by atoms with Gasteiger partial charge in [-0.15, -0.1) is 0 Å². The first-order valence-corrected chi connectivity index (χ1v) is 16.0. The third-order valence-electron chi connectivity index (χ3n) is 10.1. The minimum absolute atomic E-state index is 0.290. The molecule has 3 aliphatic carbocycles. The quantitative estimate of drug-likeness (QED) is 0.311. The Hall–Kier alpha value is -2.60. The molecular formula is C40H52. The van der Waals surface area contributed by atoms with E-state index in [0.717, 1.165) is 31.1 Å². The number of fused-ring (bicyclic) bond motifs is 1. The Kier molecular flexibility index (Phi) is 8.47. The van der Waals surface area contributed by atoms with Crippen molar-refractivity contribution in [1.82, 2.24) is 0 Å². The van der Waals surface area contributed by atoms with Crippen molar-refractivity contribution < 1.29 is 0 Å². The van der Waals surface area contributed by atoms with E-state index >= 15 is 0 Å². The molecule has 5 rings (SSSR count). The highest BCUT2D eigenvalue weighted by Crippen LogP contribution is 2.44. The van der Waals surface area contributed by atoms with Gasteiger partial charge in [0.25, 0.3) is 0 Å². The molecule has 0 N–H and O–H groups in total. The standard InChI is InChI=1S/C40H52/c1-9-30-14-16-31(17-15-30)22-37-28(4)19-26(2)20-39(37)35-12-10-11-33-21-32(24-38(33)35)23-36-27(3)13-18-34(29(36)5)25-40(6,7)8/h10-13,18-21,30-31,34,36H,3,5,9,14-17,22-25H2,1-2,4,6-8H3. The van der Waals surface area contributed by atoms with E-state index in [1.807, 2.05) is 0 Å². The molecule has 3 aliphatic rings. The zero-order valence-corrected chi connectivity index (χ0v) is 26.2. The van der Waals surface area contributed by atoms with Gasteiger partial charge in [0, 0.05) is 5.92 Å². The first-order chi connectivity index (χ1) is 19.0. The zero-order chi connectivity index (χ0) is 28.6. The van der Waals surface area contributed by atoms with Crippen LogP contribution in [-0.4, -0.2) is 0 Å². The van der Waals surface area contributed by atoms with Crippen molar-refractivity contribution in [2.75, 3.05) is 0 Å². The molecule has 2 unspecified atom stereocenters. The van der Waals surface area contributed by atoms with Crippen molar-refractivity contribution >= 4 is 6.08 Å². The molecular weight excluding hydrogens is 480 g/mol. The summed E-state index contributed by atoms with van der Waals surface area (Å²) in [7, 11) is 0. The maximum atomic E-state index is 4.63. The van der Waals surface area contributed by atoms with Gasteiger partial charge in [0.15, 0.2) is 0 Å². The molecule has 1 saturated carbocycles. The van der Waals surface area contributed by atoms with Crippen LogP contribution in [0.1, 0.15) is 100 Å². The summed E-state index contributed by atoms with van der Waals surface area (Å²) in [6, 6.07) is 11.9. The van der Waals surface area contributed by atoms with Crippen LogP contribution in [-0.2, 0) is 12.8 Å². The van der Waals surface area contributed by atoms with Gasteiger partial charge in [-0.25, -0.2) is 0 Å². The fourth-order valence-electron chi connectivity index (χ4n) is 7.82. The molecule has 0 aromatic heterocycles. The van der Waals surface area contributed by atoms with Crippen LogP contribution < -0.4 is 0 Å². The summed E-state index contributed by atoms with van der Waals surface area (Å²) in [6.45, 7) is 23.1. The Balaban J connectivity index is 1.38. The first kappa shape index (κ1) is 28.9. The average Bonchev–Trinajstić information content (AvgIpc) is 3.32. The lowest BCUT2D eigenvalue weighted by Gasteiger charge is -2.33. The van der Waals surface area contributed by atoms with Crippen LogP contribution >= 0.6 is 0 Å². The van der Waals surface area contributed by atoms with Crippen LogP contribution in [0.5, 0.6) is 0 Å². The highest BCUT2D eigenvalue weighted by atomic mass is 14.3. The lowest BCUT2D eigenvalue weighted by atomic mass is 9.71. The molecule has 0 heterocycles. The Labute approximate surface area is 245 Å². The number of hydrogen-bond donors (Lipinski definition) is 0. The summed E-state index contributed by atoms with van der Waals surface area (Å²) in [4.78, 5) is 0. The summed E-state index contributed by atoms with van der Waals surface area (Å²) < 4.78 is 0. The van der Waals surface area contributed by atoms with E-state index in [1.54, 1.807) is 5.56 Å². The van der Waals surface area contributed by atoms with Gasteiger partial charge in [-0.05, 0) is 114 Å². The highest BCUT2D eigenvalue weighted by Gasteiger charge is 2.30. The molecule has 0 heteroatoms. The fraction of sp³-hybridized carbons (Fsp3) is 0.500. The van der Waals surface area contributed by atoms with E-state index in [1.165, 1.54) is 88.6 Å². The second kappa shape index (κ2) is 11.7. The van der Waals surface area contributed by atoms with E-state index in [-0.39, 0.29) is 5.41 Å². The van der Waals surface area contributed by atoms with Crippen molar-refractivity contribution in [3.05, 3.63) is 100 Å². The van der Waals surface area contributed by atoms with Crippen molar-refractivity contribution in [3.8, 4) is 11.1 Å². The average molecular weight is 533 g/mol. The molecule has 0 amide bonds. The molecule has 0 aliphatic heterocycles. The van der Waals surface area contributed by atoms with Crippen molar-refractivity contribution in [2.24, 2.45) is 29.1 Å². The maximum Gasteiger partial charge on any atom is 0.00827 e. The van der Waals surface area contributed by atoms with E-state index in [0.29, 0.717) is 11.8 Å². The van der Waals surface area contributed by atoms with Crippen LogP contribution in [0.15, 0.2) is 72.4 Å². The highest BCUT2D eigenvalue weighted by molar-refractivity contribution is 5.80. The predicted molar refractivity (Wildman–Crippen MR) is 176 cm³/mol. The van der Waals surface area contributed by atoms with Crippen LogP contribution in [0.25, 0.3) is 17.2 Å². The van der Waals surface area contributed by atoms with Crippen molar-refractivity contribution in [3.63, 3.8) is 0 Å². The molecule has 0 spiro atoms. The Morgan fingerprint density at radius 1 is 0.900 bits per heavy atom. The second-order valence-corrected chi connectivity index (χ2v) is 14.6. The monoisotopic (exact) mass is 532 g/mol. The van der Waals surface area contributed by atoms with Gasteiger partial charge in [0.2, 0.25) is 0 Å². The molecule has 2 aromatic carbocycles. The Morgan fingerprint density at radius 3 is 2.33 bits per heavy atom. The van der Waals surface area contributed by atoms with Gasteiger partial charge in [-0.3, -0.25) is 0 Å². The zero-order valence-electron chi connectivity index (χ0n) is 26.2. The van der Waals surface area contributed by atoms with Gasteiger partial charge in [-0.2, -0.15) is 0 Å². The molecule has 0 saturated heterocycles. The SMILES string of the molecule is C=C1C=CC(CC(C)(C)C)C(=C)C1CC1=Cc2cccc(-c3cc(C)cc(C)c3CC3CCC(CC)CC3)c2C1. The van der Waals surface area contributed by atoms with Gasteiger partial charge >= 0.3 is 0 Å². The van der Waals surface area contributed by atoms with Crippen LogP contribution in [0.3, 0.4) is 0 Å². The lowest BCUT2D eigenvalue weighted by molar-refractivity contribution is 0.268. The normalized spacial score (nSPS) is 24.8. The van der Waals surface area contributed by atoms with E-state index in [9.17, 15) is 0 Å². The van der Waals surface area contributed by atoms with Gasteiger partial charge in [0.1, 0.15) is 0 Å². The first-order valence-electron chi connectivity index (χ1n) is 16.0. The molecule has 1 fully saturated rings. The van der Waals surface area contributed by atoms with E-state index in [4.69, 9.17) is 0 Å². The predicted octanol–water partition coefficient (Wildman–Crippen LogP) is 11.4. The summed E-state index contributed by atoms with van der Waals surface area (Å²) in [5.74, 6) is 2.56. The second-order valence-electron chi connectivity index (χ2n) is 14.6. The number of benzene rings is 2. The lowest BCUT2D eigenvalue weighted by Crippen LogP contribution is -2.21. The van der Waals surface area contributed by atoms with Gasteiger partial charge < -0.3 is 0 Å². The number of aryl methyl sites for hydroxylation is 2. The van der Waals surface area contributed by atoms with Crippen LogP contribution in [0, 0.1) is 42.9 Å². The van der Waals surface area contributed by atoms with E-state index in [2.05, 4.69) is 103 Å². The summed E-state index contributed by atoms with van der Waals surface area (Å²) in [5.41, 5.74) is 14.7. The summed E-state index contributed by atoms with van der Waals surface area (Å²) in [6.07, 6.45) is 18.5. The maximum absolute atomic E-state index is 4.63. The van der Waals surface area contributed by atoms with E-state index < -0.39 is 0 Å². The number of hydrogen-bond acceptors (Lipinski definition) is 0. The topological polar surface area (TPSA) is 0 Å². The summed E-state index contributed by atoms with van der Waals surface area (Å²) in [5, 5.41) is 0. The third-order valence-corrected chi connectivity index (χ3v) is 10.1. The Morgan fingerprint density at radius 2 is 1.62 bits per heavy atom. The summed E-state index contributed by atoms with van der Waals surface area (Å²) >= 11 is 0. The molecule has 0 bridgehead atoms. The van der Waals surface area contributed by atoms with Crippen molar-refractivity contribution in [2.45, 2.75) is 99.3 Å². The molecule has 0 radical (unpaired) electrons. The molecule has 212 valence electrons. The van der Waals surface area contributed by atoms with Crippen LogP contribution in [0.2, 0.25) is 0 Å². The van der Waals surface area contributed by atoms with Gasteiger partial charge in [0.05, 0.1) is 0 Å². The molecule has 40 heavy (non-hydrogen) atoms. The number of rotatable bonds is 7. The van der Waals surface area contributed by atoms with Crippen molar-refractivity contribution in [1.29, 1.82) is 0 Å². The third kappa shape index (κ3) is 6.32. The fourth-order valence-corrected chi connectivity index (χ4v) is 7.82. The Bertz CT molecular complexity index is 1330. The number of allylic oxidation sites excluding steroid dienone is 5. The minimum Gasteiger partial charge on any atom is -0.0986 e.